The molecular weight excluding hydrogens is 285 g/mol. The second-order valence-corrected chi connectivity index (χ2v) is 4.37. The molecule has 1 aromatic heterocycles. The number of hydrogen-bond donors (Lipinski definition) is 0. The highest BCUT2D eigenvalue weighted by molar-refractivity contribution is 6.29. The molecule has 7 heteroatoms. The average Bonchev–Trinajstić information content (AvgIpc) is 2.39. The summed E-state index contributed by atoms with van der Waals surface area (Å²) >= 11 is 5.80. The maximum atomic E-state index is 13.3. The largest absolute Gasteiger partial charge is 0.326 e. The summed E-state index contributed by atoms with van der Waals surface area (Å²) in [6.07, 6.45) is 0. The highest BCUT2D eigenvalue weighted by Gasteiger charge is 2.16. The fraction of sp³-hybridized carbons (Fsp3) is 0.154. The predicted molar refractivity (Wildman–Crippen MR) is 75.0 cm³/mol. The molecule has 0 fully saturated rings. The first kappa shape index (κ1) is 14.2. The van der Waals surface area contributed by atoms with Crippen LogP contribution in [0.15, 0.2) is 36.4 Å². The Labute approximate surface area is 119 Å². The second-order valence-electron chi connectivity index (χ2n) is 3.99. The van der Waals surface area contributed by atoms with E-state index in [9.17, 15) is 14.5 Å². The van der Waals surface area contributed by atoms with Gasteiger partial charge in [0.2, 0.25) is 0 Å². The molecule has 0 bridgehead atoms. The lowest BCUT2D eigenvalue weighted by molar-refractivity contribution is -0.384. The minimum Gasteiger partial charge on any atom is -0.326 e. The number of benzene rings is 1. The number of nitrogens with zero attached hydrogens (tertiary/aromatic N) is 3. The van der Waals surface area contributed by atoms with Crippen molar-refractivity contribution in [3.63, 3.8) is 0 Å². The van der Waals surface area contributed by atoms with Gasteiger partial charge in [-0.15, -0.1) is 0 Å². The molecule has 0 amide bonds. The topological polar surface area (TPSA) is 59.3 Å². The molecule has 0 saturated heterocycles. The molecular formula is C13H11ClFN3O2. The van der Waals surface area contributed by atoms with Gasteiger partial charge in [-0.3, -0.25) is 10.1 Å². The fourth-order valence-electron chi connectivity index (χ4n) is 1.83. The van der Waals surface area contributed by atoms with E-state index in [4.69, 9.17) is 11.6 Å². The van der Waals surface area contributed by atoms with E-state index in [1.54, 1.807) is 17.0 Å². The van der Waals surface area contributed by atoms with Crippen molar-refractivity contribution in [2.75, 3.05) is 11.4 Å². The van der Waals surface area contributed by atoms with Crippen LogP contribution in [0.4, 0.5) is 21.6 Å². The van der Waals surface area contributed by atoms with Crippen LogP contribution in [0.3, 0.4) is 0 Å². The van der Waals surface area contributed by atoms with Gasteiger partial charge in [-0.25, -0.2) is 9.37 Å². The molecule has 0 aliphatic carbocycles. The Hall–Kier alpha value is -2.21. The second kappa shape index (κ2) is 5.83. The molecule has 0 atom stereocenters. The minimum absolute atomic E-state index is 0.0176. The Morgan fingerprint density at radius 2 is 2.15 bits per heavy atom. The standard InChI is InChI=1S/C13H11ClFN3O2/c1-2-17(10-5-3-4-9(15)6-10)13-8-11(18(19)20)7-12(14)16-13/h3-8H,2H2,1H3. The van der Waals surface area contributed by atoms with Crippen LogP contribution in [-0.2, 0) is 0 Å². The summed E-state index contributed by atoms with van der Waals surface area (Å²) in [5.41, 5.74) is 0.395. The predicted octanol–water partition coefficient (Wildman–Crippen LogP) is 3.94. The van der Waals surface area contributed by atoms with Gasteiger partial charge in [0, 0.05) is 12.2 Å². The first-order valence-electron chi connectivity index (χ1n) is 5.86. The summed E-state index contributed by atoms with van der Waals surface area (Å²) in [5.74, 6) is -0.0882. The van der Waals surface area contributed by atoms with Crippen molar-refractivity contribution in [3.8, 4) is 0 Å². The van der Waals surface area contributed by atoms with Gasteiger partial charge in [-0.1, -0.05) is 17.7 Å². The van der Waals surface area contributed by atoms with Crippen LogP contribution in [0.1, 0.15) is 6.92 Å². The zero-order valence-electron chi connectivity index (χ0n) is 10.6. The third kappa shape index (κ3) is 3.03. The van der Waals surface area contributed by atoms with E-state index in [2.05, 4.69) is 4.98 Å². The van der Waals surface area contributed by atoms with Crippen molar-refractivity contribution in [1.82, 2.24) is 4.98 Å². The van der Waals surface area contributed by atoms with Crippen LogP contribution in [0, 0.1) is 15.9 Å². The maximum absolute atomic E-state index is 13.3. The molecule has 0 radical (unpaired) electrons. The van der Waals surface area contributed by atoms with E-state index in [1.807, 2.05) is 6.92 Å². The quantitative estimate of drug-likeness (QED) is 0.487. The lowest BCUT2D eigenvalue weighted by Crippen LogP contribution is -2.17. The number of nitro groups is 1. The third-order valence-electron chi connectivity index (χ3n) is 2.69. The molecule has 5 nitrogen and oxygen atoms in total. The molecule has 0 aliphatic heterocycles. The lowest BCUT2D eigenvalue weighted by atomic mass is 10.2. The Balaban J connectivity index is 2.49. The number of anilines is 2. The number of hydrogen-bond acceptors (Lipinski definition) is 4. The van der Waals surface area contributed by atoms with E-state index in [0.29, 0.717) is 18.1 Å². The summed E-state index contributed by atoms with van der Waals surface area (Å²) in [6.45, 7) is 2.30. The monoisotopic (exact) mass is 295 g/mol. The smallest absolute Gasteiger partial charge is 0.276 e. The Kier molecular flexibility index (Phi) is 4.14. The van der Waals surface area contributed by atoms with E-state index in [-0.39, 0.29) is 10.8 Å². The van der Waals surface area contributed by atoms with Crippen LogP contribution >= 0.6 is 11.6 Å². The fourth-order valence-corrected chi connectivity index (χ4v) is 2.03. The van der Waals surface area contributed by atoms with Crippen LogP contribution < -0.4 is 4.90 Å². The zero-order valence-corrected chi connectivity index (χ0v) is 11.3. The van der Waals surface area contributed by atoms with Gasteiger partial charge in [0.1, 0.15) is 16.8 Å². The first-order chi connectivity index (χ1) is 9.51. The molecule has 20 heavy (non-hydrogen) atoms. The minimum atomic E-state index is -0.545. The van der Waals surface area contributed by atoms with Crippen molar-refractivity contribution in [1.29, 1.82) is 0 Å². The summed E-state index contributed by atoms with van der Waals surface area (Å²) in [7, 11) is 0. The van der Waals surface area contributed by atoms with Gasteiger partial charge in [-0.05, 0) is 25.1 Å². The summed E-state index contributed by atoms with van der Waals surface area (Å²) in [5, 5.41) is 10.9. The summed E-state index contributed by atoms with van der Waals surface area (Å²) in [6, 6.07) is 8.39. The molecule has 0 N–H and O–H groups in total. The number of rotatable bonds is 4. The Morgan fingerprint density at radius 3 is 2.75 bits per heavy atom. The van der Waals surface area contributed by atoms with Crippen molar-refractivity contribution < 1.29 is 9.31 Å². The lowest BCUT2D eigenvalue weighted by Gasteiger charge is -2.22. The number of pyridine rings is 1. The van der Waals surface area contributed by atoms with Crippen LogP contribution in [0.25, 0.3) is 0 Å². The molecule has 104 valence electrons. The van der Waals surface area contributed by atoms with Crippen LogP contribution in [-0.4, -0.2) is 16.5 Å². The SMILES string of the molecule is CCN(c1cccc(F)c1)c1cc([N+](=O)[O-])cc(Cl)n1. The van der Waals surface area contributed by atoms with Gasteiger partial charge in [0.05, 0.1) is 17.1 Å². The van der Waals surface area contributed by atoms with Gasteiger partial charge in [0.15, 0.2) is 0 Å². The maximum Gasteiger partial charge on any atom is 0.276 e. The highest BCUT2D eigenvalue weighted by Crippen LogP contribution is 2.28. The molecule has 0 aliphatic rings. The van der Waals surface area contributed by atoms with Gasteiger partial charge in [0.25, 0.3) is 5.69 Å². The summed E-state index contributed by atoms with van der Waals surface area (Å²) < 4.78 is 13.3. The van der Waals surface area contributed by atoms with Crippen molar-refractivity contribution in [3.05, 3.63) is 57.5 Å². The van der Waals surface area contributed by atoms with Crippen molar-refractivity contribution in [2.45, 2.75) is 6.92 Å². The van der Waals surface area contributed by atoms with Crippen molar-refractivity contribution in [2.24, 2.45) is 0 Å². The van der Waals surface area contributed by atoms with Crippen LogP contribution in [0.2, 0.25) is 5.15 Å². The molecule has 0 spiro atoms. The molecule has 0 unspecified atom stereocenters. The van der Waals surface area contributed by atoms with E-state index in [1.165, 1.54) is 24.3 Å². The molecule has 1 heterocycles. The zero-order chi connectivity index (χ0) is 14.7. The molecule has 2 aromatic rings. The average molecular weight is 296 g/mol. The Bertz CT molecular complexity index is 651. The van der Waals surface area contributed by atoms with E-state index >= 15 is 0 Å². The third-order valence-corrected chi connectivity index (χ3v) is 2.88. The van der Waals surface area contributed by atoms with Gasteiger partial charge < -0.3 is 4.90 Å². The van der Waals surface area contributed by atoms with Crippen molar-refractivity contribution >= 4 is 28.8 Å². The summed E-state index contributed by atoms with van der Waals surface area (Å²) in [4.78, 5) is 16.0. The molecule has 1 aromatic carbocycles. The molecule has 0 saturated carbocycles. The van der Waals surface area contributed by atoms with Crippen LogP contribution in [0.5, 0.6) is 0 Å². The number of halogens is 2. The van der Waals surface area contributed by atoms with Gasteiger partial charge >= 0.3 is 0 Å². The Morgan fingerprint density at radius 1 is 1.40 bits per heavy atom. The van der Waals surface area contributed by atoms with E-state index in [0.717, 1.165) is 0 Å². The highest BCUT2D eigenvalue weighted by atomic mass is 35.5. The number of aromatic nitrogens is 1. The van der Waals surface area contributed by atoms with Gasteiger partial charge in [-0.2, -0.15) is 0 Å². The normalized spacial score (nSPS) is 10.3. The first-order valence-corrected chi connectivity index (χ1v) is 6.24. The van der Waals surface area contributed by atoms with E-state index < -0.39 is 10.7 Å². The molecule has 2 rings (SSSR count).